The van der Waals surface area contributed by atoms with Crippen molar-refractivity contribution in [2.24, 2.45) is 34.5 Å². The number of carbonyl (C=O) groups is 6. The number of carboxylic acids is 2. The molecule has 0 N–H and O–H groups in total. The van der Waals surface area contributed by atoms with E-state index in [-0.39, 0.29) is 43.1 Å². The van der Waals surface area contributed by atoms with E-state index in [0.29, 0.717) is 38.5 Å². The standard InChI is InChI=1S/2C22H38O5.Cu/c2*1-6-11-12-13-16-17(14-7-2)22(21(25)26,19(23)15-8-3)18(9-4)20(24)27-10-5;/h2*9,17-18H,4,6-8,10-16H2,1-3,5H3,(H,25,26);/q;;+2/p-2. The van der Waals surface area contributed by atoms with Crippen molar-refractivity contribution >= 4 is 35.4 Å². The van der Waals surface area contributed by atoms with E-state index in [4.69, 9.17) is 9.47 Å². The van der Waals surface area contributed by atoms with Crippen molar-refractivity contribution in [3.8, 4) is 0 Å². The molecule has 0 aromatic carbocycles. The Morgan fingerprint density at radius 3 is 1.05 bits per heavy atom. The molecule has 0 aliphatic rings. The van der Waals surface area contributed by atoms with Gasteiger partial charge in [-0.25, -0.2) is 0 Å². The summed E-state index contributed by atoms with van der Waals surface area (Å²) < 4.78 is 10.2. The number of ketones is 2. The zero-order valence-corrected chi connectivity index (χ0v) is 36.3. The second-order valence-corrected chi connectivity index (χ2v) is 14.3. The fourth-order valence-electron chi connectivity index (χ4n) is 7.92. The molecule has 55 heavy (non-hydrogen) atoms. The molecular formula is C44H74CuO10. The molecule has 0 amide bonds. The van der Waals surface area contributed by atoms with Crippen LogP contribution in [0.1, 0.15) is 171 Å². The summed E-state index contributed by atoms with van der Waals surface area (Å²) in [5, 5.41) is 24.9. The van der Waals surface area contributed by atoms with Crippen molar-refractivity contribution in [3.63, 3.8) is 0 Å². The second kappa shape index (κ2) is 32.3. The third-order valence-electron chi connectivity index (χ3n) is 10.5. The van der Waals surface area contributed by atoms with E-state index in [0.717, 1.165) is 64.2 Å². The van der Waals surface area contributed by atoms with Crippen LogP contribution in [0, 0.1) is 34.5 Å². The largest absolute Gasteiger partial charge is 2.00 e. The molecule has 1 radical (unpaired) electrons. The maximum atomic E-state index is 13.1. The van der Waals surface area contributed by atoms with E-state index in [9.17, 15) is 39.0 Å². The van der Waals surface area contributed by atoms with Gasteiger partial charge in [0.25, 0.3) is 0 Å². The van der Waals surface area contributed by atoms with Gasteiger partial charge in [-0.3, -0.25) is 19.2 Å². The third kappa shape index (κ3) is 16.3. The molecule has 0 saturated carbocycles. The summed E-state index contributed by atoms with van der Waals surface area (Å²) in [4.78, 5) is 76.4. The van der Waals surface area contributed by atoms with Gasteiger partial charge in [0.2, 0.25) is 0 Å². The molecule has 0 rings (SSSR count). The van der Waals surface area contributed by atoms with Gasteiger partial charge in [-0.1, -0.05) is 118 Å². The molecule has 10 nitrogen and oxygen atoms in total. The summed E-state index contributed by atoms with van der Waals surface area (Å²) in [5.74, 6) is -8.69. The van der Waals surface area contributed by atoms with Crippen LogP contribution in [0.4, 0.5) is 0 Å². The summed E-state index contributed by atoms with van der Waals surface area (Å²) >= 11 is 0. The van der Waals surface area contributed by atoms with Crippen LogP contribution in [-0.4, -0.2) is 48.7 Å². The van der Waals surface area contributed by atoms with Gasteiger partial charge in [-0.2, -0.15) is 0 Å². The summed E-state index contributed by atoms with van der Waals surface area (Å²) in [6, 6.07) is 0. The number of hydrogen-bond acceptors (Lipinski definition) is 10. The Morgan fingerprint density at radius 1 is 0.509 bits per heavy atom. The number of aliphatic carboxylic acids is 2. The summed E-state index contributed by atoms with van der Waals surface area (Å²) in [6.07, 6.45) is 15.2. The molecule has 321 valence electrons. The van der Waals surface area contributed by atoms with Crippen LogP contribution in [0.2, 0.25) is 0 Å². The van der Waals surface area contributed by atoms with E-state index < -0.39 is 69.9 Å². The first-order valence-electron chi connectivity index (χ1n) is 20.8. The minimum atomic E-state index is -1.91. The van der Waals surface area contributed by atoms with Crippen LogP contribution in [-0.2, 0) is 55.3 Å². The first-order chi connectivity index (χ1) is 25.7. The zero-order chi connectivity index (χ0) is 41.7. The first kappa shape index (κ1) is 56.5. The fourth-order valence-corrected chi connectivity index (χ4v) is 7.92. The summed E-state index contributed by atoms with van der Waals surface area (Å²) in [6.45, 7) is 22.6. The van der Waals surface area contributed by atoms with Gasteiger partial charge < -0.3 is 29.3 Å². The zero-order valence-electron chi connectivity index (χ0n) is 35.4. The molecule has 0 fully saturated rings. The number of rotatable bonds is 32. The van der Waals surface area contributed by atoms with Gasteiger partial charge in [-0.15, -0.1) is 13.2 Å². The number of unbranched alkanes of at least 4 members (excludes halogenated alkanes) is 6. The van der Waals surface area contributed by atoms with Gasteiger partial charge in [-0.05, 0) is 64.2 Å². The topological polar surface area (TPSA) is 167 Å². The SMILES string of the molecule is C=CC(C(=O)OCC)C(C(=O)[O-])(C(=O)CCC)C(CCC)CCCCCC.C=CC(C(=O)OCC)C(C(=O)[O-])(C(=O)CCC)C(CCC)CCCCCC.[Cu+2]. The third-order valence-corrected chi connectivity index (χ3v) is 10.5. The van der Waals surface area contributed by atoms with Crippen molar-refractivity contribution in [1.82, 2.24) is 0 Å². The van der Waals surface area contributed by atoms with E-state index in [2.05, 4.69) is 27.0 Å². The number of esters is 2. The molecule has 6 atom stereocenters. The molecule has 0 aromatic rings. The molecule has 0 saturated heterocycles. The van der Waals surface area contributed by atoms with Crippen molar-refractivity contribution in [2.45, 2.75) is 171 Å². The van der Waals surface area contributed by atoms with Crippen LogP contribution in [0.15, 0.2) is 25.3 Å². The molecule has 0 heterocycles. The smallest absolute Gasteiger partial charge is 0.549 e. The number of carbonyl (C=O) groups excluding carboxylic acids is 6. The second-order valence-electron chi connectivity index (χ2n) is 14.3. The Hall–Kier alpha value is -2.78. The Bertz CT molecular complexity index is 1070. The van der Waals surface area contributed by atoms with Crippen molar-refractivity contribution in [1.29, 1.82) is 0 Å². The summed E-state index contributed by atoms with van der Waals surface area (Å²) in [5.41, 5.74) is -3.82. The number of carboxylic acid groups (broad SMARTS) is 2. The monoisotopic (exact) mass is 825 g/mol. The molecule has 0 aromatic heterocycles. The molecule has 6 unspecified atom stereocenters. The van der Waals surface area contributed by atoms with Crippen LogP contribution in [0.3, 0.4) is 0 Å². The predicted octanol–water partition coefficient (Wildman–Crippen LogP) is 7.69. The van der Waals surface area contributed by atoms with Crippen LogP contribution >= 0.6 is 0 Å². The van der Waals surface area contributed by atoms with Crippen molar-refractivity contribution < 1.29 is 65.5 Å². The fraction of sp³-hybridized carbons (Fsp3) is 0.773. The minimum Gasteiger partial charge on any atom is -0.549 e. The van der Waals surface area contributed by atoms with E-state index >= 15 is 0 Å². The summed E-state index contributed by atoms with van der Waals surface area (Å²) in [7, 11) is 0. The molecule has 0 aliphatic heterocycles. The maximum Gasteiger partial charge on any atom is 2.00 e. The normalized spacial score (nSPS) is 15.1. The number of ether oxygens (including phenoxy) is 2. The van der Waals surface area contributed by atoms with Crippen molar-refractivity contribution in [2.75, 3.05) is 13.2 Å². The average Bonchev–Trinajstić information content (AvgIpc) is 3.12. The van der Waals surface area contributed by atoms with E-state index in [1.54, 1.807) is 13.8 Å². The molecular weight excluding hydrogens is 752 g/mol. The van der Waals surface area contributed by atoms with Gasteiger partial charge in [0, 0.05) is 12.8 Å². The predicted molar refractivity (Wildman–Crippen MR) is 210 cm³/mol. The van der Waals surface area contributed by atoms with Crippen LogP contribution in [0.25, 0.3) is 0 Å². The molecule has 11 heteroatoms. The van der Waals surface area contributed by atoms with Gasteiger partial charge >= 0.3 is 29.0 Å². The Kier molecular flexibility index (Phi) is 33.2. The van der Waals surface area contributed by atoms with Gasteiger partial charge in [0.05, 0.1) is 47.8 Å². The Labute approximate surface area is 343 Å². The average molecular weight is 827 g/mol. The molecule has 0 spiro atoms. The van der Waals surface area contributed by atoms with Gasteiger partial charge in [0.1, 0.15) is 11.6 Å². The number of hydrogen-bond donors (Lipinski definition) is 0. The van der Waals surface area contributed by atoms with Crippen LogP contribution < -0.4 is 10.2 Å². The minimum absolute atomic E-state index is 0. The van der Waals surface area contributed by atoms with Crippen LogP contribution in [0.5, 0.6) is 0 Å². The quantitative estimate of drug-likeness (QED) is 0.0216. The Balaban J connectivity index is -0.000000966. The van der Waals surface area contributed by atoms with E-state index in [1.807, 2.05) is 27.7 Å². The van der Waals surface area contributed by atoms with E-state index in [1.165, 1.54) is 12.2 Å². The first-order valence-corrected chi connectivity index (χ1v) is 20.8. The van der Waals surface area contributed by atoms with Gasteiger partial charge in [0.15, 0.2) is 0 Å². The number of Topliss-reactive ketones (excluding diaryl/α,β-unsaturated/α-hetero) is 2. The Morgan fingerprint density at radius 2 is 0.836 bits per heavy atom. The molecule has 0 aliphatic carbocycles. The maximum absolute atomic E-state index is 13.1. The molecule has 0 bridgehead atoms. The van der Waals surface area contributed by atoms with Crippen molar-refractivity contribution in [3.05, 3.63) is 25.3 Å².